The summed E-state index contributed by atoms with van der Waals surface area (Å²) in [5.74, 6) is 6.57. The molecule has 0 spiro atoms. The summed E-state index contributed by atoms with van der Waals surface area (Å²) in [5.41, 5.74) is 4.69. The fraction of sp³-hybridized carbons (Fsp3) is 0.714. The molecule has 1 fully saturated rings. The lowest BCUT2D eigenvalue weighted by Gasteiger charge is -2.29. The van der Waals surface area contributed by atoms with E-state index in [1.54, 1.807) is 10.4 Å². The van der Waals surface area contributed by atoms with E-state index in [2.05, 4.69) is 11.5 Å². The molecule has 0 aliphatic heterocycles. The zero-order valence-electron chi connectivity index (χ0n) is 10.4. The van der Waals surface area contributed by atoms with Crippen LogP contribution in [0.1, 0.15) is 59.9 Å². The van der Waals surface area contributed by atoms with Gasteiger partial charge in [-0.15, -0.1) is 11.3 Å². The zero-order chi connectivity index (χ0) is 11.7. The van der Waals surface area contributed by atoms with E-state index in [0.29, 0.717) is 6.04 Å². The maximum absolute atomic E-state index is 5.81. The van der Waals surface area contributed by atoms with Crippen LogP contribution < -0.4 is 11.3 Å². The van der Waals surface area contributed by atoms with Crippen molar-refractivity contribution in [3.8, 4) is 0 Å². The molecule has 1 unspecified atom stereocenters. The topological polar surface area (TPSA) is 38.0 Å². The lowest BCUT2D eigenvalue weighted by Crippen LogP contribution is -2.34. The monoisotopic (exact) mass is 250 g/mol. The molecular weight excluding hydrogens is 228 g/mol. The third-order valence-electron chi connectivity index (χ3n) is 4.37. The van der Waals surface area contributed by atoms with Crippen LogP contribution in [0.3, 0.4) is 0 Å². The van der Waals surface area contributed by atoms with Gasteiger partial charge in [-0.2, -0.15) is 0 Å². The predicted molar refractivity (Wildman–Crippen MR) is 73.0 cm³/mol. The molecule has 3 heteroatoms. The first kappa shape index (κ1) is 11.7. The van der Waals surface area contributed by atoms with E-state index < -0.39 is 0 Å². The first-order chi connectivity index (χ1) is 8.38. The van der Waals surface area contributed by atoms with E-state index >= 15 is 0 Å². The molecule has 2 aliphatic carbocycles. The van der Waals surface area contributed by atoms with Gasteiger partial charge in [0.25, 0.3) is 0 Å². The van der Waals surface area contributed by atoms with Gasteiger partial charge in [0.2, 0.25) is 0 Å². The minimum absolute atomic E-state index is 0.408. The van der Waals surface area contributed by atoms with Crippen molar-refractivity contribution in [3.05, 3.63) is 21.4 Å². The van der Waals surface area contributed by atoms with E-state index in [1.807, 2.05) is 11.3 Å². The minimum Gasteiger partial charge on any atom is -0.271 e. The second-order valence-electron chi connectivity index (χ2n) is 5.49. The van der Waals surface area contributed by atoms with Crippen LogP contribution in [0.15, 0.2) is 6.07 Å². The molecule has 0 saturated heterocycles. The number of fused-ring (bicyclic) bond motifs is 1. The van der Waals surface area contributed by atoms with Crippen LogP contribution in [0.4, 0.5) is 0 Å². The lowest BCUT2D eigenvalue weighted by atomic mass is 9.83. The molecule has 0 radical (unpaired) electrons. The van der Waals surface area contributed by atoms with Crippen molar-refractivity contribution in [1.82, 2.24) is 5.43 Å². The van der Waals surface area contributed by atoms with Gasteiger partial charge in [-0.1, -0.05) is 19.3 Å². The summed E-state index contributed by atoms with van der Waals surface area (Å²) >= 11 is 2.01. The number of hydrogen-bond acceptors (Lipinski definition) is 3. The van der Waals surface area contributed by atoms with Crippen LogP contribution in [0.25, 0.3) is 0 Å². The Bertz CT molecular complexity index is 358. The number of nitrogens with two attached hydrogens (primary N) is 1. The molecule has 94 valence electrons. The average molecular weight is 250 g/mol. The van der Waals surface area contributed by atoms with E-state index in [9.17, 15) is 0 Å². The van der Waals surface area contributed by atoms with Gasteiger partial charge in [0.05, 0.1) is 6.04 Å². The molecule has 3 N–H and O–H groups in total. The highest BCUT2D eigenvalue weighted by molar-refractivity contribution is 7.12. The van der Waals surface area contributed by atoms with E-state index in [1.165, 1.54) is 56.2 Å². The maximum atomic E-state index is 5.81. The van der Waals surface area contributed by atoms with Gasteiger partial charge in [0.1, 0.15) is 0 Å². The number of rotatable bonds is 3. The molecular formula is C14H22N2S. The largest absolute Gasteiger partial charge is 0.271 e. The van der Waals surface area contributed by atoms with Crippen molar-refractivity contribution in [2.24, 2.45) is 11.8 Å². The molecule has 2 aliphatic rings. The average Bonchev–Trinajstić information content (AvgIpc) is 2.92. The molecule has 17 heavy (non-hydrogen) atoms. The normalized spacial score (nSPS) is 22.6. The van der Waals surface area contributed by atoms with Crippen molar-refractivity contribution in [1.29, 1.82) is 0 Å². The van der Waals surface area contributed by atoms with Gasteiger partial charge in [-0.25, -0.2) is 0 Å². The number of hydrogen-bond donors (Lipinski definition) is 2. The quantitative estimate of drug-likeness (QED) is 0.638. The first-order valence-electron chi connectivity index (χ1n) is 6.96. The molecule has 1 saturated carbocycles. The number of nitrogens with one attached hydrogen (secondary N) is 1. The lowest BCUT2D eigenvalue weighted by molar-refractivity contribution is 0.276. The summed E-state index contributed by atoms with van der Waals surface area (Å²) in [6.45, 7) is 0. The van der Waals surface area contributed by atoms with Crippen LogP contribution in [0.2, 0.25) is 0 Å². The molecule has 1 heterocycles. The number of hydrazine groups is 1. The minimum atomic E-state index is 0.408. The van der Waals surface area contributed by atoms with Gasteiger partial charge in [-0.05, 0) is 49.7 Å². The fourth-order valence-electron chi connectivity index (χ4n) is 3.42. The standard InChI is InChI=1S/C14H22N2S/c15-16-14(10-5-2-1-3-6-10)13-9-11-7-4-8-12(11)17-13/h9-10,14,16H,1-8,15H2. The van der Waals surface area contributed by atoms with Crippen LogP contribution >= 0.6 is 11.3 Å². The SMILES string of the molecule is NNC(c1cc2c(s1)CCC2)C1CCCCC1. The summed E-state index contributed by atoms with van der Waals surface area (Å²) in [7, 11) is 0. The Morgan fingerprint density at radius 2 is 2.00 bits per heavy atom. The van der Waals surface area contributed by atoms with Crippen LogP contribution in [0.5, 0.6) is 0 Å². The van der Waals surface area contributed by atoms with Crippen molar-refractivity contribution in [2.45, 2.75) is 57.4 Å². The van der Waals surface area contributed by atoms with Gasteiger partial charge in [0, 0.05) is 9.75 Å². The van der Waals surface area contributed by atoms with Crippen molar-refractivity contribution >= 4 is 11.3 Å². The number of thiophene rings is 1. The predicted octanol–water partition coefficient (Wildman–Crippen LogP) is 3.32. The summed E-state index contributed by atoms with van der Waals surface area (Å²) in [4.78, 5) is 3.11. The Morgan fingerprint density at radius 1 is 1.18 bits per heavy atom. The Morgan fingerprint density at radius 3 is 2.71 bits per heavy atom. The fourth-order valence-corrected chi connectivity index (χ4v) is 4.83. The molecule has 1 atom stereocenters. The molecule has 1 aromatic rings. The highest BCUT2D eigenvalue weighted by Crippen LogP contribution is 2.40. The van der Waals surface area contributed by atoms with E-state index in [0.717, 1.165) is 5.92 Å². The van der Waals surface area contributed by atoms with Crippen LogP contribution in [-0.4, -0.2) is 0 Å². The van der Waals surface area contributed by atoms with Crippen LogP contribution in [-0.2, 0) is 12.8 Å². The molecule has 0 aromatic carbocycles. The van der Waals surface area contributed by atoms with Gasteiger partial charge >= 0.3 is 0 Å². The third-order valence-corrected chi connectivity index (χ3v) is 5.69. The molecule has 1 aromatic heterocycles. The molecule has 0 bridgehead atoms. The third kappa shape index (κ3) is 2.28. The van der Waals surface area contributed by atoms with Gasteiger partial charge in [0.15, 0.2) is 0 Å². The van der Waals surface area contributed by atoms with Gasteiger partial charge < -0.3 is 0 Å². The number of aryl methyl sites for hydroxylation is 2. The highest BCUT2D eigenvalue weighted by Gasteiger charge is 2.27. The Labute approximate surface area is 108 Å². The Balaban J connectivity index is 1.78. The summed E-state index contributed by atoms with van der Waals surface area (Å²) < 4.78 is 0. The first-order valence-corrected chi connectivity index (χ1v) is 7.78. The summed E-state index contributed by atoms with van der Waals surface area (Å²) in [5, 5.41) is 0. The molecule has 2 nitrogen and oxygen atoms in total. The molecule has 3 rings (SSSR count). The second-order valence-corrected chi connectivity index (χ2v) is 6.66. The zero-order valence-corrected chi connectivity index (χ0v) is 11.2. The van der Waals surface area contributed by atoms with Gasteiger partial charge in [-0.3, -0.25) is 11.3 Å². The maximum Gasteiger partial charge on any atom is 0.0581 e. The Hall–Kier alpha value is -0.380. The highest BCUT2D eigenvalue weighted by atomic mass is 32.1. The summed E-state index contributed by atoms with van der Waals surface area (Å²) in [6, 6.07) is 2.83. The van der Waals surface area contributed by atoms with E-state index in [-0.39, 0.29) is 0 Å². The van der Waals surface area contributed by atoms with Crippen LogP contribution in [0, 0.1) is 5.92 Å². The van der Waals surface area contributed by atoms with E-state index in [4.69, 9.17) is 5.84 Å². The molecule has 0 amide bonds. The Kier molecular flexibility index (Phi) is 3.50. The summed E-state index contributed by atoms with van der Waals surface area (Å²) in [6.07, 6.45) is 10.8. The van der Waals surface area contributed by atoms with Crippen molar-refractivity contribution in [2.75, 3.05) is 0 Å². The van der Waals surface area contributed by atoms with Crippen molar-refractivity contribution < 1.29 is 0 Å². The van der Waals surface area contributed by atoms with Crippen molar-refractivity contribution in [3.63, 3.8) is 0 Å². The smallest absolute Gasteiger partial charge is 0.0581 e. The second kappa shape index (κ2) is 5.09.